The number of ketones is 1. The summed E-state index contributed by atoms with van der Waals surface area (Å²) in [4.78, 5) is 27.4. The van der Waals surface area contributed by atoms with Gasteiger partial charge in [-0.1, -0.05) is 23.4 Å². The Balaban J connectivity index is 2.04. The predicted molar refractivity (Wildman–Crippen MR) is 93.3 cm³/mol. The second-order valence-electron chi connectivity index (χ2n) is 4.85. The highest BCUT2D eigenvalue weighted by Gasteiger charge is 2.14. The molecule has 2 rings (SSSR count). The van der Waals surface area contributed by atoms with E-state index in [9.17, 15) is 9.59 Å². The minimum absolute atomic E-state index is 0.0646. The van der Waals surface area contributed by atoms with Crippen molar-refractivity contribution in [2.45, 2.75) is 18.4 Å². The van der Waals surface area contributed by atoms with Gasteiger partial charge in [0.05, 0.1) is 17.9 Å². The van der Waals surface area contributed by atoms with Crippen LogP contribution in [-0.4, -0.2) is 34.2 Å². The number of carbonyl (C=O) groups is 2. The highest BCUT2D eigenvalue weighted by Crippen LogP contribution is 2.25. The second kappa shape index (κ2) is 8.70. The molecule has 0 aliphatic carbocycles. The molecule has 5 nitrogen and oxygen atoms in total. The standard InChI is InChI=1S/C17H16ClNO4S/c1-2-23-15-6-5-12(18)8-11(15)9-13(20)10-24-16-14(17(21)22)4-3-7-19-16/h3-8H,2,9-10H2,1H3,(H,21,22). The van der Waals surface area contributed by atoms with E-state index in [1.807, 2.05) is 6.92 Å². The Kier molecular flexibility index (Phi) is 6.63. The van der Waals surface area contributed by atoms with Gasteiger partial charge in [-0.05, 0) is 37.3 Å². The van der Waals surface area contributed by atoms with Crippen molar-refractivity contribution in [1.29, 1.82) is 0 Å². The van der Waals surface area contributed by atoms with Crippen LogP contribution in [0.25, 0.3) is 0 Å². The Bertz CT molecular complexity index is 751. The first kappa shape index (κ1) is 18.3. The van der Waals surface area contributed by atoms with Crippen LogP contribution >= 0.6 is 23.4 Å². The van der Waals surface area contributed by atoms with Crippen LogP contribution in [0.1, 0.15) is 22.8 Å². The molecule has 0 saturated carbocycles. The maximum Gasteiger partial charge on any atom is 0.338 e. The summed E-state index contributed by atoms with van der Waals surface area (Å²) in [5, 5.41) is 9.98. The van der Waals surface area contributed by atoms with Crippen molar-refractivity contribution in [3.05, 3.63) is 52.7 Å². The van der Waals surface area contributed by atoms with Crippen molar-refractivity contribution in [3.63, 3.8) is 0 Å². The number of pyridine rings is 1. The van der Waals surface area contributed by atoms with E-state index in [1.165, 1.54) is 12.3 Å². The van der Waals surface area contributed by atoms with Gasteiger partial charge in [-0.2, -0.15) is 0 Å². The van der Waals surface area contributed by atoms with E-state index in [1.54, 1.807) is 24.3 Å². The van der Waals surface area contributed by atoms with Crippen molar-refractivity contribution < 1.29 is 19.4 Å². The zero-order valence-corrected chi connectivity index (χ0v) is 14.6. The number of aromatic nitrogens is 1. The average molecular weight is 366 g/mol. The minimum atomic E-state index is -1.06. The summed E-state index contributed by atoms with van der Waals surface area (Å²) in [7, 11) is 0. The number of aromatic carboxylic acids is 1. The zero-order valence-electron chi connectivity index (χ0n) is 13.0. The SMILES string of the molecule is CCOc1ccc(Cl)cc1CC(=O)CSc1ncccc1C(=O)O. The third kappa shape index (κ3) is 4.97. The number of nitrogens with zero attached hydrogens (tertiary/aromatic N) is 1. The molecule has 126 valence electrons. The average Bonchev–Trinajstić information content (AvgIpc) is 2.56. The molecule has 0 unspecified atom stereocenters. The second-order valence-corrected chi connectivity index (χ2v) is 6.25. The van der Waals surface area contributed by atoms with E-state index in [0.29, 0.717) is 22.4 Å². The number of hydrogen-bond acceptors (Lipinski definition) is 5. The van der Waals surface area contributed by atoms with Gasteiger partial charge in [-0.25, -0.2) is 9.78 Å². The Morgan fingerprint density at radius 1 is 1.33 bits per heavy atom. The lowest BCUT2D eigenvalue weighted by molar-refractivity contribution is -0.116. The van der Waals surface area contributed by atoms with Crippen LogP contribution in [0.5, 0.6) is 5.75 Å². The Morgan fingerprint density at radius 2 is 2.12 bits per heavy atom. The largest absolute Gasteiger partial charge is 0.494 e. The summed E-state index contributed by atoms with van der Waals surface area (Å²) in [6, 6.07) is 8.17. The van der Waals surface area contributed by atoms with E-state index in [0.717, 1.165) is 17.3 Å². The fraction of sp³-hybridized carbons (Fsp3) is 0.235. The number of ether oxygens (including phenoxy) is 1. The molecule has 0 aliphatic rings. The third-order valence-corrected chi connectivity index (χ3v) is 4.38. The van der Waals surface area contributed by atoms with Gasteiger partial charge in [0.25, 0.3) is 0 Å². The number of halogens is 1. The number of carbonyl (C=O) groups excluding carboxylic acids is 1. The molecule has 2 aromatic rings. The number of thioether (sulfide) groups is 1. The summed E-state index contributed by atoms with van der Waals surface area (Å²) in [6.07, 6.45) is 1.67. The summed E-state index contributed by atoms with van der Waals surface area (Å²) in [5.74, 6) is -0.379. The highest BCUT2D eigenvalue weighted by atomic mass is 35.5. The van der Waals surface area contributed by atoms with Gasteiger partial charge in [0.1, 0.15) is 16.6 Å². The Labute approximate surface area is 149 Å². The van der Waals surface area contributed by atoms with Crippen LogP contribution in [0.2, 0.25) is 5.02 Å². The molecule has 0 aliphatic heterocycles. The van der Waals surface area contributed by atoms with Crippen molar-refractivity contribution in [3.8, 4) is 5.75 Å². The van der Waals surface area contributed by atoms with E-state index in [-0.39, 0.29) is 23.5 Å². The number of Topliss-reactive ketones (excluding diaryl/α,β-unsaturated/α-hetero) is 1. The molecule has 0 atom stereocenters. The van der Waals surface area contributed by atoms with Gasteiger partial charge in [0, 0.05) is 23.2 Å². The molecule has 0 fully saturated rings. The first-order valence-electron chi connectivity index (χ1n) is 7.25. The van der Waals surface area contributed by atoms with Crippen molar-refractivity contribution in [1.82, 2.24) is 4.98 Å². The molecule has 1 heterocycles. The molecule has 1 aromatic heterocycles. The van der Waals surface area contributed by atoms with E-state index in [2.05, 4.69) is 4.98 Å². The molecule has 1 aromatic carbocycles. The maximum absolute atomic E-state index is 12.2. The normalized spacial score (nSPS) is 10.4. The summed E-state index contributed by atoms with van der Waals surface area (Å²) < 4.78 is 5.50. The fourth-order valence-electron chi connectivity index (χ4n) is 2.06. The molecule has 7 heteroatoms. The minimum Gasteiger partial charge on any atom is -0.494 e. The maximum atomic E-state index is 12.2. The zero-order chi connectivity index (χ0) is 17.5. The van der Waals surface area contributed by atoms with E-state index in [4.69, 9.17) is 21.4 Å². The molecule has 0 bridgehead atoms. The Morgan fingerprint density at radius 3 is 2.83 bits per heavy atom. The van der Waals surface area contributed by atoms with Gasteiger partial charge in [-0.3, -0.25) is 4.79 Å². The number of carboxylic acid groups (broad SMARTS) is 1. The van der Waals surface area contributed by atoms with Crippen molar-refractivity contribution >= 4 is 35.1 Å². The predicted octanol–water partition coefficient (Wildman–Crippen LogP) is 3.74. The first-order chi connectivity index (χ1) is 11.5. The quantitative estimate of drug-likeness (QED) is 0.718. The first-order valence-corrected chi connectivity index (χ1v) is 8.61. The molecular weight excluding hydrogens is 350 g/mol. The molecule has 1 N–H and O–H groups in total. The van der Waals surface area contributed by atoms with Crippen LogP contribution in [0.15, 0.2) is 41.6 Å². The molecule has 0 radical (unpaired) electrons. The summed E-state index contributed by atoms with van der Waals surface area (Å²) in [6.45, 7) is 2.36. The molecule has 0 saturated heterocycles. The van der Waals surface area contributed by atoms with Crippen LogP contribution in [-0.2, 0) is 11.2 Å². The van der Waals surface area contributed by atoms with Crippen molar-refractivity contribution in [2.75, 3.05) is 12.4 Å². The van der Waals surface area contributed by atoms with Gasteiger partial charge < -0.3 is 9.84 Å². The fourth-order valence-corrected chi connectivity index (χ4v) is 3.10. The highest BCUT2D eigenvalue weighted by molar-refractivity contribution is 8.00. The lowest BCUT2D eigenvalue weighted by atomic mass is 10.1. The lowest BCUT2D eigenvalue weighted by Crippen LogP contribution is -2.09. The number of benzene rings is 1. The Hall–Kier alpha value is -2.05. The van der Waals surface area contributed by atoms with Gasteiger partial charge in [-0.15, -0.1) is 0 Å². The summed E-state index contributed by atoms with van der Waals surface area (Å²) in [5.41, 5.74) is 0.808. The number of hydrogen-bond donors (Lipinski definition) is 1. The van der Waals surface area contributed by atoms with Gasteiger partial charge in [0.15, 0.2) is 0 Å². The van der Waals surface area contributed by atoms with Gasteiger partial charge in [0.2, 0.25) is 0 Å². The van der Waals surface area contributed by atoms with E-state index < -0.39 is 5.97 Å². The third-order valence-electron chi connectivity index (χ3n) is 3.08. The smallest absolute Gasteiger partial charge is 0.338 e. The number of rotatable bonds is 8. The topological polar surface area (TPSA) is 76.5 Å². The monoisotopic (exact) mass is 365 g/mol. The number of carboxylic acids is 1. The van der Waals surface area contributed by atoms with Crippen LogP contribution in [0, 0.1) is 0 Å². The molecule has 0 amide bonds. The van der Waals surface area contributed by atoms with E-state index >= 15 is 0 Å². The molecular formula is C17H16ClNO4S. The molecule has 0 spiro atoms. The van der Waals surface area contributed by atoms with Gasteiger partial charge >= 0.3 is 5.97 Å². The van der Waals surface area contributed by atoms with Crippen LogP contribution in [0.3, 0.4) is 0 Å². The van der Waals surface area contributed by atoms with Crippen LogP contribution < -0.4 is 4.74 Å². The summed E-state index contributed by atoms with van der Waals surface area (Å²) >= 11 is 7.09. The lowest BCUT2D eigenvalue weighted by Gasteiger charge is -2.10. The van der Waals surface area contributed by atoms with Crippen molar-refractivity contribution in [2.24, 2.45) is 0 Å². The van der Waals surface area contributed by atoms with Crippen LogP contribution in [0.4, 0.5) is 0 Å². The molecule has 24 heavy (non-hydrogen) atoms.